The number of carbonyl (C=O) groups is 2. The molecule has 0 atom stereocenters. The Kier molecular flexibility index (Phi) is 44.6. The molecule has 0 bridgehead atoms. The third-order valence-corrected chi connectivity index (χ3v) is 17.2. The predicted molar refractivity (Wildman–Crippen MR) is 158 cm³/mol. The second kappa shape index (κ2) is 39.0. The molecule has 0 aliphatic heterocycles. The molecule has 0 aromatic carbocycles. The van der Waals surface area contributed by atoms with Gasteiger partial charge in [-0.05, 0) is 12.8 Å². The van der Waals surface area contributed by atoms with Crippen molar-refractivity contribution in [3.63, 3.8) is 0 Å². The summed E-state index contributed by atoms with van der Waals surface area (Å²) in [6.07, 6.45) is 25.7. The van der Waals surface area contributed by atoms with Crippen molar-refractivity contribution in [2.24, 2.45) is 0 Å². The van der Waals surface area contributed by atoms with Gasteiger partial charge < -0.3 is 10.2 Å². The van der Waals surface area contributed by atoms with E-state index in [0.717, 1.165) is 25.7 Å². The van der Waals surface area contributed by atoms with Gasteiger partial charge in [-0.2, -0.15) is 0 Å². The molecule has 0 aliphatic rings. The second-order valence-electron chi connectivity index (χ2n) is 9.64. The summed E-state index contributed by atoms with van der Waals surface area (Å²) in [6.45, 7) is 6.70. The summed E-state index contributed by atoms with van der Waals surface area (Å²) < 4.78 is 6.74. The fourth-order valence-corrected chi connectivity index (χ4v) is 12.0. The average molecular weight is 716 g/mol. The Labute approximate surface area is 242 Å². The van der Waals surface area contributed by atoms with Crippen molar-refractivity contribution in [3.05, 3.63) is 0 Å². The molecule has 35 heavy (non-hydrogen) atoms. The Hall–Kier alpha value is 0.497. The van der Waals surface area contributed by atoms with Crippen molar-refractivity contribution in [1.29, 1.82) is 0 Å². The molecule has 0 rings (SSSR count). The third kappa shape index (κ3) is 51.9. The maximum absolute atomic E-state index is 10.2. The van der Waals surface area contributed by atoms with Gasteiger partial charge in [0.25, 0.3) is 0 Å². The monoisotopic (exact) mass is 718 g/mol. The Morgan fingerprint density at radius 1 is 0.543 bits per heavy atom. The predicted octanol–water partition coefficient (Wildman–Crippen LogP) is 7.57. The first-order valence-electron chi connectivity index (χ1n) is 14.9. The van der Waals surface area contributed by atoms with Gasteiger partial charge in [-0.1, -0.05) is 117 Å². The van der Waals surface area contributed by atoms with Crippen molar-refractivity contribution in [2.75, 3.05) is 0 Å². The van der Waals surface area contributed by atoms with E-state index in [2.05, 4.69) is 20.8 Å². The number of hydrogen-bond donors (Lipinski definition) is 2. The van der Waals surface area contributed by atoms with Crippen LogP contribution >= 0.6 is 0 Å². The quantitative estimate of drug-likeness (QED) is 0.0796. The van der Waals surface area contributed by atoms with Crippen LogP contribution in [0.2, 0.25) is 4.44 Å². The molecule has 0 radical (unpaired) electrons. The van der Waals surface area contributed by atoms with Crippen molar-refractivity contribution in [3.8, 4) is 0 Å². The standard InChI is InChI=1S/2C12H24O2.C4H9.O.2Sn.5H/c2*1-2-3-4-5-6-7-8-9-10-11-12(13)14;1-3-4-2;;;;;;;;/h2*2-11H2,1H3,(H,13,14);1,3-4H2,2H3;;;;;;;;. The zero-order chi connectivity index (χ0) is 26.8. The van der Waals surface area contributed by atoms with Gasteiger partial charge in [-0.25, -0.2) is 0 Å². The minimum atomic E-state index is -0.659. The summed E-state index contributed by atoms with van der Waals surface area (Å²) >= 11 is 0.0541. The molecule has 0 aromatic rings. The molecule has 0 saturated heterocycles. The number of rotatable bonds is 24. The summed E-state index contributed by atoms with van der Waals surface area (Å²) in [6, 6.07) is 0. The fraction of sp³-hybridized carbons (Fsp3) is 0.929. The van der Waals surface area contributed by atoms with E-state index >= 15 is 0 Å². The molecule has 0 spiro atoms. The SMILES string of the molecule is CCCCCCCCCCCC(=O)O.CCCCCCCCCCCC(=O)O.CCC[CH2][SnH2][O][SnH3]. The summed E-state index contributed by atoms with van der Waals surface area (Å²) in [7, 11) is 0. The van der Waals surface area contributed by atoms with Crippen LogP contribution in [0.15, 0.2) is 0 Å². The molecule has 212 valence electrons. The molecule has 0 heterocycles. The van der Waals surface area contributed by atoms with Crippen LogP contribution in [-0.2, 0) is 11.0 Å². The number of carboxylic acid groups (broad SMARTS) is 2. The maximum atomic E-state index is 10.2. The Balaban J connectivity index is -0.000000465. The second-order valence-corrected chi connectivity index (χ2v) is 25.5. The molecular formula is C28H62O5Sn2. The minimum absolute atomic E-state index is 0.343. The molecule has 5 nitrogen and oxygen atoms in total. The van der Waals surface area contributed by atoms with Crippen LogP contribution in [0, 0.1) is 0 Å². The van der Waals surface area contributed by atoms with E-state index in [0.29, 0.717) is 35.8 Å². The van der Waals surface area contributed by atoms with E-state index in [1.165, 1.54) is 107 Å². The number of carboxylic acids is 2. The Bertz CT molecular complexity index is 373. The number of aliphatic carboxylic acids is 2. The van der Waals surface area contributed by atoms with Crippen LogP contribution in [0.1, 0.15) is 162 Å². The molecular weight excluding hydrogens is 654 g/mol. The van der Waals surface area contributed by atoms with Gasteiger partial charge in [0.15, 0.2) is 0 Å². The van der Waals surface area contributed by atoms with Crippen molar-refractivity contribution < 1.29 is 21.2 Å². The summed E-state index contributed by atoms with van der Waals surface area (Å²) in [5.41, 5.74) is 0. The van der Waals surface area contributed by atoms with Crippen molar-refractivity contribution in [1.82, 2.24) is 0 Å². The molecule has 7 heteroatoms. The summed E-state index contributed by atoms with van der Waals surface area (Å²) in [4.78, 5) is 20.4. The number of hydrogen-bond acceptors (Lipinski definition) is 3. The fourth-order valence-electron chi connectivity index (χ4n) is 3.67. The van der Waals surface area contributed by atoms with Crippen LogP contribution in [0.3, 0.4) is 0 Å². The van der Waals surface area contributed by atoms with Gasteiger partial charge in [0.1, 0.15) is 0 Å². The van der Waals surface area contributed by atoms with Crippen LogP contribution in [0.5, 0.6) is 0 Å². The molecule has 0 fully saturated rings. The first-order valence-corrected chi connectivity index (χ1v) is 21.7. The molecule has 2 N–H and O–H groups in total. The van der Waals surface area contributed by atoms with Crippen molar-refractivity contribution >= 4 is 56.4 Å². The molecule has 0 aliphatic carbocycles. The summed E-state index contributed by atoms with van der Waals surface area (Å²) in [5.74, 6) is -1.32. The Morgan fingerprint density at radius 2 is 0.829 bits per heavy atom. The molecule has 0 saturated carbocycles. The zero-order valence-corrected chi connectivity index (χ0v) is 33.8. The van der Waals surface area contributed by atoms with Crippen molar-refractivity contribution in [2.45, 2.75) is 166 Å². The molecule has 0 aromatic heterocycles. The molecule has 0 amide bonds. The first kappa shape index (κ1) is 40.0. The van der Waals surface area contributed by atoms with Crippen LogP contribution in [0.4, 0.5) is 0 Å². The van der Waals surface area contributed by atoms with Gasteiger partial charge >= 0.3 is 82.0 Å². The van der Waals surface area contributed by atoms with Crippen LogP contribution in [-0.4, -0.2) is 66.6 Å². The van der Waals surface area contributed by atoms with E-state index in [4.69, 9.17) is 11.6 Å². The van der Waals surface area contributed by atoms with Gasteiger partial charge in [0.05, 0.1) is 0 Å². The van der Waals surface area contributed by atoms with E-state index in [1.807, 2.05) is 0 Å². The Morgan fingerprint density at radius 3 is 1.09 bits per heavy atom. The zero-order valence-electron chi connectivity index (χ0n) is 24.1. The van der Waals surface area contributed by atoms with Crippen LogP contribution in [0.25, 0.3) is 0 Å². The van der Waals surface area contributed by atoms with Gasteiger partial charge in [0.2, 0.25) is 0 Å². The third-order valence-electron chi connectivity index (χ3n) is 5.94. The van der Waals surface area contributed by atoms with E-state index < -0.39 is 33.5 Å². The number of unbranched alkanes of at least 4 members (excludes halogenated alkanes) is 17. The van der Waals surface area contributed by atoms with E-state index in [-0.39, 0.29) is 0 Å². The van der Waals surface area contributed by atoms with Gasteiger partial charge in [-0.15, -0.1) is 0 Å². The normalized spacial score (nSPS) is 10.6. The van der Waals surface area contributed by atoms with Gasteiger partial charge in [0, 0.05) is 12.8 Å². The van der Waals surface area contributed by atoms with E-state index in [9.17, 15) is 9.59 Å². The van der Waals surface area contributed by atoms with Crippen LogP contribution < -0.4 is 0 Å². The van der Waals surface area contributed by atoms with E-state index in [1.54, 1.807) is 0 Å². The summed E-state index contributed by atoms with van der Waals surface area (Å²) in [5, 5.41) is 16.8. The first-order chi connectivity index (χ1) is 17.0. The average Bonchev–Trinajstić information content (AvgIpc) is 2.83. The topological polar surface area (TPSA) is 83.8 Å². The van der Waals surface area contributed by atoms with Gasteiger partial charge in [-0.3, -0.25) is 9.59 Å². The molecule has 0 unspecified atom stereocenters.